The topological polar surface area (TPSA) is 63.0 Å². The average molecular weight is 210 g/mol. The fourth-order valence-corrected chi connectivity index (χ4v) is 2.14. The molecule has 2 heterocycles. The molecule has 1 unspecified atom stereocenters. The lowest BCUT2D eigenvalue weighted by atomic mass is 9.90. The van der Waals surface area contributed by atoms with E-state index in [4.69, 9.17) is 0 Å². The largest absolute Gasteiger partial charge is 0.386 e. The molecule has 0 aromatic carbocycles. The first-order valence-electron chi connectivity index (χ1n) is 5.60. The molecule has 2 rings (SSSR count). The van der Waals surface area contributed by atoms with Crippen LogP contribution < -0.4 is 5.32 Å². The molecule has 1 aliphatic rings. The number of aryl methyl sites for hydroxylation is 1. The molecule has 1 saturated heterocycles. The van der Waals surface area contributed by atoms with Crippen molar-refractivity contribution >= 4 is 0 Å². The molecule has 84 valence electrons. The van der Waals surface area contributed by atoms with E-state index < -0.39 is 6.10 Å². The van der Waals surface area contributed by atoms with E-state index >= 15 is 0 Å². The Morgan fingerprint density at radius 3 is 3.00 bits per heavy atom. The zero-order chi connectivity index (χ0) is 10.7. The minimum Gasteiger partial charge on any atom is -0.386 e. The van der Waals surface area contributed by atoms with Gasteiger partial charge in [0.1, 0.15) is 6.10 Å². The van der Waals surface area contributed by atoms with Crippen LogP contribution in [0.5, 0.6) is 0 Å². The van der Waals surface area contributed by atoms with Gasteiger partial charge >= 0.3 is 0 Å². The molecule has 1 aromatic rings. The fraction of sp³-hybridized carbons (Fsp3) is 0.800. The van der Waals surface area contributed by atoms with Crippen molar-refractivity contribution in [2.45, 2.75) is 32.4 Å². The number of rotatable bonds is 3. The third-order valence-corrected chi connectivity index (χ3v) is 3.08. The van der Waals surface area contributed by atoms with Crippen LogP contribution >= 0.6 is 0 Å². The Hall–Kier alpha value is -0.940. The molecule has 5 heteroatoms. The van der Waals surface area contributed by atoms with Crippen LogP contribution in [0.3, 0.4) is 0 Å². The summed E-state index contributed by atoms with van der Waals surface area (Å²) >= 11 is 0. The van der Waals surface area contributed by atoms with E-state index in [0.717, 1.165) is 38.2 Å². The van der Waals surface area contributed by atoms with Crippen molar-refractivity contribution in [1.82, 2.24) is 20.3 Å². The molecular weight excluding hydrogens is 192 g/mol. The fourth-order valence-electron chi connectivity index (χ4n) is 2.14. The first kappa shape index (κ1) is 10.6. The molecule has 0 spiro atoms. The van der Waals surface area contributed by atoms with E-state index in [2.05, 4.69) is 15.6 Å². The maximum Gasteiger partial charge on any atom is 0.100 e. The van der Waals surface area contributed by atoms with Gasteiger partial charge in [0.25, 0.3) is 0 Å². The van der Waals surface area contributed by atoms with Crippen molar-refractivity contribution in [1.29, 1.82) is 0 Å². The van der Waals surface area contributed by atoms with Gasteiger partial charge in [-0.05, 0) is 38.8 Å². The highest BCUT2D eigenvalue weighted by atomic mass is 16.3. The number of aliphatic hydroxyl groups is 1. The summed E-state index contributed by atoms with van der Waals surface area (Å²) in [5, 5.41) is 21.3. The normalized spacial score (nSPS) is 20.4. The van der Waals surface area contributed by atoms with Gasteiger partial charge < -0.3 is 10.4 Å². The van der Waals surface area contributed by atoms with E-state index in [9.17, 15) is 5.11 Å². The first-order valence-corrected chi connectivity index (χ1v) is 5.60. The van der Waals surface area contributed by atoms with Gasteiger partial charge in [0.15, 0.2) is 0 Å². The molecule has 1 fully saturated rings. The molecule has 0 saturated carbocycles. The van der Waals surface area contributed by atoms with Gasteiger partial charge in [-0.2, -0.15) is 0 Å². The zero-order valence-electron chi connectivity index (χ0n) is 9.06. The van der Waals surface area contributed by atoms with Crippen LogP contribution in [0.25, 0.3) is 0 Å². The van der Waals surface area contributed by atoms with Crippen LogP contribution in [0, 0.1) is 5.92 Å². The number of nitrogens with zero attached hydrogens (tertiary/aromatic N) is 3. The molecule has 15 heavy (non-hydrogen) atoms. The SMILES string of the molecule is CCn1nncc1C(O)C1CCNCC1. The number of hydrogen-bond donors (Lipinski definition) is 2. The zero-order valence-corrected chi connectivity index (χ0v) is 9.06. The third-order valence-electron chi connectivity index (χ3n) is 3.08. The predicted octanol–water partition coefficient (Wildman–Crippen LogP) is 0.331. The van der Waals surface area contributed by atoms with Crippen molar-refractivity contribution in [2.24, 2.45) is 5.92 Å². The summed E-state index contributed by atoms with van der Waals surface area (Å²) in [7, 11) is 0. The molecule has 5 nitrogen and oxygen atoms in total. The Morgan fingerprint density at radius 1 is 1.60 bits per heavy atom. The van der Waals surface area contributed by atoms with Crippen LogP contribution in [0.4, 0.5) is 0 Å². The Labute approximate surface area is 89.5 Å². The molecule has 2 N–H and O–H groups in total. The van der Waals surface area contributed by atoms with Gasteiger partial charge in [0.05, 0.1) is 11.9 Å². The summed E-state index contributed by atoms with van der Waals surface area (Å²) in [6.07, 6.45) is 3.31. The minimum atomic E-state index is -0.415. The van der Waals surface area contributed by atoms with Gasteiger partial charge in [-0.1, -0.05) is 5.21 Å². The number of piperidine rings is 1. The highest BCUT2D eigenvalue weighted by Crippen LogP contribution is 2.27. The van der Waals surface area contributed by atoms with Crippen molar-refractivity contribution in [3.63, 3.8) is 0 Å². The van der Waals surface area contributed by atoms with Crippen molar-refractivity contribution in [3.8, 4) is 0 Å². The molecule has 1 atom stereocenters. The highest BCUT2D eigenvalue weighted by Gasteiger charge is 2.25. The third kappa shape index (κ3) is 2.18. The van der Waals surface area contributed by atoms with Gasteiger partial charge in [0.2, 0.25) is 0 Å². The van der Waals surface area contributed by atoms with Gasteiger partial charge in [-0.15, -0.1) is 5.10 Å². The maximum absolute atomic E-state index is 10.2. The van der Waals surface area contributed by atoms with E-state index in [0.29, 0.717) is 5.92 Å². The van der Waals surface area contributed by atoms with E-state index in [1.54, 1.807) is 10.9 Å². The lowest BCUT2D eigenvalue weighted by Crippen LogP contribution is -2.31. The van der Waals surface area contributed by atoms with Crippen molar-refractivity contribution in [3.05, 3.63) is 11.9 Å². The van der Waals surface area contributed by atoms with Crippen LogP contribution in [0.2, 0.25) is 0 Å². The molecule has 1 aromatic heterocycles. The van der Waals surface area contributed by atoms with Gasteiger partial charge in [-0.3, -0.25) is 0 Å². The minimum absolute atomic E-state index is 0.343. The average Bonchev–Trinajstić information content (AvgIpc) is 2.77. The quantitative estimate of drug-likeness (QED) is 0.754. The molecule has 0 aliphatic carbocycles. The molecular formula is C10H18N4O. The molecule has 0 bridgehead atoms. The predicted molar refractivity (Wildman–Crippen MR) is 56.2 cm³/mol. The molecule has 1 aliphatic heterocycles. The summed E-state index contributed by atoms with van der Waals surface area (Å²) in [4.78, 5) is 0. The Balaban J connectivity index is 2.08. The summed E-state index contributed by atoms with van der Waals surface area (Å²) in [5.41, 5.74) is 0.851. The Kier molecular flexibility index (Phi) is 3.33. The lowest BCUT2D eigenvalue weighted by Gasteiger charge is -2.27. The van der Waals surface area contributed by atoms with E-state index in [-0.39, 0.29) is 0 Å². The van der Waals surface area contributed by atoms with Gasteiger partial charge in [-0.25, -0.2) is 4.68 Å². The van der Waals surface area contributed by atoms with E-state index in [1.165, 1.54) is 0 Å². The Morgan fingerprint density at radius 2 is 2.33 bits per heavy atom. The standard InChI is InChI=1S/C10H18N4O/c1-2-14-9(7-12-13-14)10(15)8-3-5-11-6-4-8/h7-8,10-11,15H,2-6H2,1H3. The Bertz CT molecular complexity index is 306. The lowest BCUT2D eigenvalue weighted by molar-refractivity contribution is 0.0808. The molecule has 0 amide bonds. The number of aliphatic hydroxyl groups excluding tert-OH is 1. The van der Waals surface area contributed by atoms with E-state index in [1.807, 2.05) is 6.92 Å². The second-order valence-corrected chi connectivity index (χ2v) is 4.01. The molecule has 0 radical (unpaired) electrons. The second-order valence-electron chi connectivity index (χ2n) is 4.01. The summed E-state index contributed by atoms with van der Waals surface area (Å²) in [6, 6.07) is 0. The monoisotopic (exact) mass is 210 g/mol. The van der Waals surface area contributed by atoms with Crippen LogP contribution in [0.15, 0.2) is 6.20 Å². The van der Waals surface area contributed by atoms with Crippen molar-refractivity contribution < 1.29 is 5.11 Å². The van der Waals surface area contributed by atoms with Gasteiger partial charge in [0, 0.05) is 6.54 Å². The van der Waals surface area contributed by atoms with Crippen LogP contribution in [0.1, 0.15) is 31.6 Å². The maximum atomic E-state index is 10.2. The number of nitrogens with one attached hydrogen (secondary N) is 1. The van der Waals surface area contributed by atoms with Crippen LogP contribution in [-0.2, 0) is 6.54 Å². The van der Waals surface area contributed by atoms with Crippen LogP contribution in [-0.4, -0.2) is 33.2 Å². The summed E-state index contributed by atoms with van der Waals surface area (Å²) in [6.45, 7) is 4.76. The summed E-state index contributed by atoms with van der Waals surface area (Å²) in [5.74, 6) is 0.343. The second kappa shape index (κ2) is 4.72. The number of hydrogen-bond acceptors (Lipinski definition) is 4. The number of aromatic nitrogens is 3. The van der Waals surface area contributed by atoms with Crippen molar-refractivity contribution in [2.75, 3.05) is 13.1 Å². The smallest absolute Gasteiger partial charge is 0.100 e. The summed E-state index contributed by atoms with van der Waals surface area (Å²) < 4.78 is 1.77. The first-order chi connectivity index (χ1) is 7.33. The highest BCUT2D eigenvalue weighted by molar-refractivity contribution is 5.01.